The van der Waals surface area contributed by atoms with E-state index in [2.05, 4.69) is 5.32 Å². The lowest BCUT2D eigenvalue weighted by Crippen LogP contribution is -2.47. The molecule has 0 unspecified atom stereocenters. The van der Waals surface area contributed by atoms with E-state index in [9.17, 15) is 23.8 Å². The Hall–Kier alpha value is -2.44. The Morgan fingerprint density at radius 1 is 1.07 bits per heavy atom. The molecule has 1 spiro atoms. The summed E-state index contributed by atoms with van der Waals surface area (Å²) in [4.78, 5) is 12.8. The van der Waals surface area contributed by atoms with E-state index in [1.807, 2.05) is 0 Å². The Bertz CT molecular complexity index is 1010. The van der Waals surface area contributed by atoms with Crippen LogP contribution in [0.2, 0.25) is 5.02 Å². The number of nitrogens with one attached hydrogen (secondary N) is 1. The minimum absolute atomic E-state index is 0.0526. The van der Waals surface area contributed by atoms with Crippen molar-refractivity contribution in [2.75, 3.05) is 6.61 Å². The van der Waals surface area contributed by atoms with Gasteiger partial charge in [-0.3, -0.25) is 4.79 Å². The summed E-state index contributed by atoms with van der Waals surface area (Å²) >= 11 is 6.33. The Balaban J connectivity index is 1.75. The third-order valence-corrected chi connectivity index (χ3v) is 6.31. The van der Waals surface area contributed by atoms with Crippen molar-refractivity contribution in [3.63, 3.8) is 0 Å². The van der Waals surface area contributed by atoms with Gasteiger partial charge < -0.3 is 15.5 Å². The quantitative estimate of drug-likeness (QED) is 0.680. The number of amides is 1. The molecule has 1 aliphatic carbocycles. The molecule has 152 valence electrons. The molecule has 0 bridgehead atoms. The lowest BCUT2D eigenvalue weighted by molar-refractivity contribution is -0.116. The molecule has 2 aromatic carbocycles. The third kappa shape index (κ3) is 3.40. The van der Waals surface area contributed by atoms with E-state index in [-0.39, 0.29) is 28.9 Å². The number of hydrogen-bond acceptors (Lipinski definition) is 3. The van der Waals surface area contributed by atoms with Crippen LogP contribution in [0.25, 0.3) is 16.7 Å². The molecule has 29 heavy (non-hydrogen) atoms. The van der Waals surface area contributed by atoms with E-state index in [1.54, 1.807) is 18.2 Å². The van der Waals surface area contributed by atoms with Gasteiger partial charge in [-0.1, -0.05) is 23.7 Å². The van der Waals surface area contributed by atoms with Gasteiger partial charge in [0.1, 0.15) is 5.76 Å². The van der Waals surface area contributed by atoms with Crippen LogP contribution in [0.5, 0.6) is 0 Å². The fraction of sp³-hybridized carbons (Fsp3) is 0.318. The molecule has 0 aromatic heterocycles. The Labute approximate surface area is 171 Å². The summed E-state index contributed by atoms with van der Waals surface area (Å²) in [5.41, 5.74) is 0.561. The summed E-state index contributed by atoms with van der Waals surface area (Å²) < 4.78 is 26.9. The summed E-state index contributed by atoms with van der Waals surface area (Å²) in [6.07, 6.45) is 2.44. The van der Waals surface area contributed by atoms with Gasteiger partial charge in [0, 0.05) is 17.2 Å². The lowest BCUT2D eigenvalue weighted by atomic mass is 9.76. The minimum atomic E-state index is -0.973. The Kier molecular flexibility index (Phi) is 5.09. The Morgan fingerprint density at radius 3 is 2.38 bits per heavy atom. The zero-order chi connectivity index (χ0) is 20.8. The molecule has 0 radical (unpaired) electrons. The smallest absolute Gasteiger partial charge is 0.256 e. The summed E-state index contributed by atoms with van der Waals surface area (Å²) in [6.45, 7) is 0.0868. The molecule has 2 aliphatic rings. The number of aliphatic hydroxyl groups excluding tert-OH is 2. The predicted molar refractivity (Wildman–Crippen MR) is 106 cm³/mol. The molecule has 0 atom stereocenters. The van der Waals surface area contributed by atoms with Crippen molar-refractivity contribution in [2.45, 2.75) is 31.2 Å². The zero-order valence-corrected chi connectivity index (χ0v) is 16.3. The van der Waals surface area contributed by atoms with Crippen LogP contribution in [-0.4, -0.2) is 28.3 Å². The third-order valence-electron chi connectivity index (χ3n) is 5.98. The van der Waals surface area contributed by atoms with Gasteiger partial charge in [-0.15, -0.1) is 0 Å². The first kappa shape index (κ1) is 19.9. The molecule has 1 amide bonds. The van der Waals surface area contributed by atoms with Gasteiger partial charge in [0.25, 0.3) is 5.91 Å². The van der Waals surface area contributed by atoms with Crippen molar-refractivity contribution in [1.29, 1.82) is 0 Å². The van der Waals surface area contributed by atoms with Crippen LogP contribution >= 0.6 is 11.6 Å². The highest BCUT2D eigenvalue weighted by atomic mass is 35.5. The number of carbonyl (C=O) groups excluding carboxylic acids is 1. The monoisotopic (exact) mass is 419 g/mol. The van der Waals surface area contributed by atoms with Crippen LogP contribution in [0.4, 0.5) is 8.78 Å². The van der Waals surface area contributed by atoms with Crippen molar-refractivity contribution in [3.8, 4) is 11.1 Å². The highest BCUT2D eigenvalue weighted by Crippen LogP contribution is 2.44. The topological polar surface area (TPSA) is 69.6 Å². The van der Waals surface area contributed by atoms with Crippen molar-refractivity contribution in [2.24, 2.45) is 5.92 Å². The average molecular weight is 420 g/mol. The highest BCUT2D eigenvalue weighted by molar-refractivity contribution is 6.35. The van der Waals surface area contributed by atoms with Crippen LogP contribution in [0.15, 0.2) is 42.2 Å². The van der Waals surface area contributed by atoms with E-state index < -0.39 is 23.1 Å². The molecule has 4 nitrogen and oxygen atoms in total. The second-order valence-electron chi connectivity index (χ2n) is 7.71. The van der Waals surface area contributed by atoms with Gasteiger partial charge in [-0.25, -0.2) is 8.78 Å². The predicted octanol–water partition coefficient (Wildman–Crippen LogP) is 4.61. The standard InChI is InChI=1S/C22H20ClF2NO3/c23-16-3-1-13(14-2-4-17(24)18(25)10-14)9-15(16)19-20(28)22(26-21(19)29)7-5-12(11-27)6-8-22/h1-4,9-10,12,27-28H,5-8,11H2,(H,26,29)/t12-,22+. The lowest BCUT2D eigenvalue weighted by Gasteiger charge is -2.36. The first-order valence-corrected chi connectivity index (χ1v) is 9.85. The maximum Gasteiger partial charge on any atom is 0.256 e. The second kappa shape index (κ2) is 7.43. The van der Waals surface area contributed by atoms with E-state index in [0.717, 1.165) is 12.1 Å². The second-order valence-corrected chi connectivity index (χ2v) is 8.12. The number of carbonyl (C=O) groups is 1. The summed E-state index contributed by atoms with van der Waals surface area (Å²) in [6, 6.07) is 8.35. The van der Waals surface area contributed by atoms with Crippen molar-refractivity contribution < 1.29 is 23.8 Å². The van der Waals surface area contributed by atoms with Gasteiger partial charge in [0.05, 0.1) is 11.1 Å². The van der Waals surface area contributed by atoms with E-state index in [1.165, 1.54) is 6.07 Å². The molecular formula is C22H20ClF2NO3. The van der Waals surface area contributed by atoms with Crippen LogP contribution in [0, 0.1) is 17.6 Å². The summed E-state index contributed by atoms with van der Waals surface area (Å²) in [5, 5.41) is 23.5. The number of rotatable bonds is 3. The van der Waals surface area contributed by atoms with Gasteiger partial charge in [-0.2, -0.15) is 0 Å². The molecule has 1 aliphatic heterocycles. The molecule has 1 fully saturated rings. The minimum Gasteiger partial charge on any atom is -0.509 e. The van der Waals surface area contributed by atoms with Gasteiger partial charge in [-0.05, 0) is 67.0 Å². The van der Waals surface area contributed by atoms with Crippen LogP contribution in [0.3, 0.4) is 0 Å². The fourth-order valence-corrected chi connectivity index (χ4v) is 4.43. The van der Waals surface area contributed by atoms with Crippen molar-refractivity contribution in [1.82, 2.24) is 5.32 Å². The Morgan fingerprint density at radius 2 is 1.72 bits per heavy atom. The molecule has 3 N–H and O–H groups in total. The maximum atomic E-state index is 13.6. The molecular weight excluding hydrogens is 400 g/mol. The normalized spacial score (nSPS) is 24.3. The van der Waals surface area contributed by atoms with Crippen molar-refractivity contribution >= 4 is 23.1 Å². The molecule has 1 saturated carbocycles. The number of halogens is 3. The first-order valence-electron chi connectivity index (χ1n) is 9.47. The average Bonchev–Trinajstić information content (AvgIpc) is 2.95. The first-order chi connectivity index (χ1) is 13.8. The number of hydrogen-bond donors (Lipinski definition) is 3. The molecule has 7 heteroatoms. The largest absolute Gasteiger partial charge is 0.509 e. The van der Waals surface area contributed by atoms with Crippen molar-refractivity contribution in [3.05, 3.63) is 64.4 Å². The summed E-state index contributed by atoms with van der Waals surface area (Å²) in [7, 11) is 0. The highest BCUT2D eigenvalue weighted by Gasteiger charge is 2.48. The zero-order valence-electron chi connectivity index (χ0n) is 15.5. The molecule has 2 aromatic rings. The fourth-order valence-electron chi connectivity index (χ4n) is 4.22. The molecule has 4 rings (SSSR count). The molecule has 1 heterocycles. The van der Waals surface area contributed by atoms with Crippen LogP contribution in [0.1, 0.15) is 31.2 Å². The van der Waals surface area contributed by atoms with Gasteiger partial charge in [0.15, 0.2) is 11.6 Å². The van der Waals surface area contributed by atoms with Gasteiger partial charge >= 0.3 is 0 Å². The van der Waals surface area contributed by atoms with Gasteiger partial charge in [0.2, 0.25) is 0 Å². The van der Waals surface area contributed by atoms with E-state index in [0.29, 0.717) is 42.4 Å². The number of benzene rings is 2. The summed E-state index contributed by atoms with van der Waals surface area (Å²) in [5.74, 6) is -2.23. The maximum absolute atomic E-state index is 13.6. The van der Waals surface area contributed by atoms with E-state index >= 15 is 0 Å². The van der Waals surface area contributed by atoms with Crippen LogP contribution < -0.4 is 5.32 Å². The number of aliphatic hydroxyl groups is 2. The SMILES string of the molecule is O=C1N[C@]2(CC[C@@H](CO)CC2)C(O)=C1c1cc(-c2ccc(F)c(F)c2)ccc1Cl. The van der Waals surface area contributed by atoms with E-state index in [4.69, 9.17) is 11.6 Å². The van der Waals surface area contributed by atoms with Crippen LogP contribution in [-0.2, 0) is 4.79 Å². The molecule has 0 saturated heterocycles.